The van der Waals surface area contributed by atoms with Crippen molar-refractivity contribution in [2.45, 2.75) is 52.4 Å². The molecule has 2 atom stereocenters. The van der Waals surface area contributed by atoms with Crippen molar-refractivity contribution >= 4 is 11.9 Å². The maximum Gasteiger partial charge on any atom is 0.471 e. The molecule has 4 nitrogen and oxygen atoms in total. The highest BCUT2D eigenvalue weighted by atomic mass is 19.4. The van der Waals surface area contributed by atoms with E-state index in [1.807, 2.05) is 0 Å². The van der Waals surface area contributed by atoms with Crippen LogP contribution in [0.15, 0.2) is 12.2 Å². The fraction of sp³-hybridized carbons (Fsp3) is 0.600. The molecule has 1 amide bonds. The number of carbonyl (C=O) groups is 2. The average molecular weight is 319 g/mol. The van der Waals surface area contributed by atoms with Gasteiger partial charge in [0, 0.05) is 5.92 Å². The van der Waals surface area contributed by atoms with Crippen LogP contribution in [0, 0.1) is 17.8 Å². The van der Waals surface area contributed by atoms with Crippen LogP contribution >= 0.6 is 0 Å². The van der Waals surface area contributed by atoms with Crippen molar-refractivity contribution in [3.63, 3.8) is 0 Å². The highest BCUT2D eigenvalue weighted by Gasteiger charge is 2.42. The predicted octanol–water partition coefficient (Wildman–Crippen LogP) is 2.59. The van der Waals surface area contributed by atoms with Crippen LogP contribution in [0.3, 0.4) is 0 Å². The number of ether oxygens (including phenoxy) is 1. The summed E-state index contributed by atoms with van der Waals surface area (Å²) in [5.41, 5.74) is -0.884. The molecule has 0 heterocycles. The SMILES string of the molecule is CC#C/C=C/[C@@H](C)[C@H](NC(=O)C(F)(F)F)C(=O)OC(C)(C)C. The van der Waals surface area contributed by atoms with Gasteiger partial charge in [-0.05, 0) is 33.8 Å². The lowest BCUT2D eigenvalue weighted by Gasteiger charge is -2.27. The summed E-state index contributed by atoms with van der Waals surface area (Å²) in [5.74, 6) is 1.31. The zero-order chi connectivity index (χ0) is 17.6. The Morgan fingerprint density at radius 2 is 1.77 bits per heavy atom. The molecule has 1 N–H and O–H groups in total. The number of amides is 1. The van der Waals surface area contributed by atoms with Crippen molar-refractivity contribution < 1.29 is 27.5 Å². The Labute approximate surface area is 128 Å². The standard InChI is InChI=1S/C15H20F3NO3/c1-6-7-8-9-10(2)11(12(20)22-14(3,4)5)19-13(21)15(16,17)18/h8-11H,1-5H3,(H,19,21)/b9-8+/t10-,11+/m1/s1. The van der Waals surface area contributed by atoms with Gasteiger partial charge in [-0.2, -0.15) is 13.2 Å². The van der Waals surface area contributed by atoms with Gasteiger partial charge in [-0.25, -0.2) is 4.79 Å². The number of allylic oxidation sites excluding steroid dienone is 1. The number of rotatable bonds is 4. The summed E-state index contributed by atoms with van der Waals surface area (Å²) in [6.45, 7) is 7.81. The number of halogens is 3. The second-order valence-corrected chi connectivity index (χ2v) is 5.59. The molecule has 0 rings (SSSR count). The molecule has 0 radical (unpaired) electrons. The molecule has 22 heavy (non-hydrogen) atoms. The second-order valence-electron chi connectivity index (χ2n) is 5.59. The van der Waals surface area contributed by atoms with Gasteiger partial charge in [0.25, 0.3) is 0 Å². The van der Waals surface area contributed by atoms with Crippen LogP contribution in [0.2, 0.25) is 0 Å². The first kappa shape index (κ1) is 20.0. The first-order chi connectivity index (χ1) is 9.88. The number of carbonyl (C=O) groups excluding carboxylic acids is 2. The average Bonchev–Trinajstić information content (AvgIpc) is 2.32. The summed E-state index contributed by atoms with van der Waals surface area (Å²) in [6, 6.07) is -1.46. The molecule has 0 fully saturated rings. The monoisotopic (exact) mass is 319 g/mol. The first-order valence-electron chi connectivity index (χ1n) is 6.58. The van der Waals surface area contributed by atoms with Crippen molar-refractivity contribution in [1.82, 2.24) is 5.32 Å². The number of hydrogen-bond donors (Lipinski definition) is 1. The van der Waals surface area contributed by atoms with E-state index in [4.69, 9.17) is 4.74 Å². The third-order valence-electron chi connectivity index (χ3n) is 2.36. The quantitative estimate of drug-likeness (QED) is 0.640. The highest BCUT2D eigenvalue weighted by molar-refractivity contribution is 5.88. The Bertz CT molecular complexity index is 493. The van der Waals surface area contributed by atoms with Gasteiger partial charge in [0.1, 0.15) is 11.6 Å². The maximum absolute atomic E-state index is 12.4. The molecule has 0 aliphatic carbocycles. The van der Waals surface area contributed by atoms with Gasteiger partial charge in [-0.3, -0.25) is 4.79 Å². The predicted molar refractivity (Wildman–Crippen MR) is 75.6 cm³/mol. The minimum absolute atomic E-state index is 0.720. The second kappa shape index (κ2) is 7.87. The Hall–Kier alpha value is -1.97. The van der Waals surface area contributed by atoms with Crippen LogP contribution in [0.4, 0.5) is 13.2 Å². The molecule has 0 saturated carbocycles. The fourth-order valence-corrected chi connectivity index (χ4v) is 1.39. The van der Waals surface area contributed by atoms with E-state index in [-0.39, 0.29) is 0 Å². The lowest BCUT2D eigenvalue weighted by Crippen LogP contribution is -2.51. The largest absolute Gasteiger partial charge is 0.471 e. The van der Waals surface area contributed by atoms with Crippen molar-refractivity contribution in [2.24, 2.45) is 5.92 Å². The Morgan fingerprint density at radius 1 is 1.23 bits per heavy atom. The van der Waals surface area contributed by atoms with E-state index < -0.39 is 35.6 Å². The minimum Gasteiger partial charge on any atom is -0.458 e. The molecule has 0 spiro atoms. The van der Waals surface area contributed by atoms with E-state index in [1.165, 1.54) is 19.1 Å². The summed E-state index contributed by atoms with van der Waals surface area (Å²) in [5, 5.41) is 1.67. The van der Waals surface area contributed by atoms with Gasteiger partial charge in [0.15, 0.2) is 0 Å². The molecule has 0 aliphatic rings. The maximum atomic E-state index is 12.4. The molecule has 0 bridgehead atoms. The van der Waals surface area contributed by atoms with E-state index in [9.17, 15) is 22.8 Å². The minimum atomic E-state index is -5.08. The summed E-state index contributed by atoms with van der Waals surface area (Å²) >= 11 is 0. The Balaban J connectivity index is 5.25. The van der Waals surface area contributed by atoms with Crippen molar-refractivity contribution in [2.75, 3.05) is 0 Å². The van der Waals surface area contributed by atoms with Gasteiger partial charge in [0.05, 0.1) is 0 Å². The summed E-state index contributed by atoms with van der Waals surface area (Å²) in [7, 11) is 0. The fourth-order valence-electron chi connectivity index (χ4n) is 1.39. The molecule has 0 saturated heterocycles. The summed E-state index contributed by atoms with van der Waals surface area (Å²) < 4.78 is 42.2. The molecule has 7 heteroatoms. The zero-order valence-electron chi connectivity index (χ0n) is 13.2. The molecule has 0 unspecified atom stereocenters. The van der Waals surface area contributed by atoms with Gasteiger partial charge in [-0.15, -0.1) is 5.92 Å². The van der Waals surface area contributed by atoms with Gasteiger partial charge in [-0.1, -0.05) is 18.9 Å². The molecular formula is C15H20F3NO3. The first-order valence-corrected chi connectivity index (χ1v) is 6.58. The number of alkyl halides is 3. The molecule has 0 aromatic rings. The van der Waals surface area contributed by atoms with Crippen molar-refractivity contribution in [3.05, 3.63) is 12.2 Å². The normalized spacial score (nSPS) is 14.7. The van der Waals surface area contributed by atoms with E-state index in [1.54, 1.807) is 33.0 Å². The van der Waals surface area contributed by atoms with Crippen molar-refractivity contribution in [1.29, 1.82) is 0 Å². The Kier molecular flexibility index (Phi) is 7.17. The smallest absolute Gasteiger partial charge is 0.458 e. The third-order valence-corrected chi connectivity index (χ3v) is 2.36. The lowest BCUT2D eigenvalue weighted by atomic mass is 10.0. The summed E-state index contributed by atoms with van der Waals surface area (Å²) in [4.78, 5) is 23.1. The highest BCUT2D eigenvalue weighted by Crippen LogP contribution is 2.18. The molecule has 0 aromatic heterocycles. The van der Waals surface area contributed by atoms with Crippen molar-refractivity contribution in [3.8, 4) is 11.8 Å². The number of hydrogen-bond acceptors (Lipinski definition) is 3. The van der Waals surface area contributed by atoms with Crippen LogP contribution in [0.25, 0.3) is 0 Å². The zero-order valence-corrected chi connectivity index (χ0v) is 13.2. The summed E-state index contributed by atoms with van der Waals surface area (Å²) in [6.07, 6.45) is -2.24. The van der Waals surface area contributed by atoms with Crippen LogP contribution in [-0.2, 0) is 14.3 Å². The third kappa shape index (κ3) is 7.72. The van der Waals surface area contributed by atoms with Crippen LogP contribution in [0.5, 0.6) is 0 Å². The Morgan fingerprint density at radius 3 is 2.18 bits per heavy atom. The lowest BCUT2D eigenvalue weighted by molar-refractivity contribution is -0.177. The topological polar surface area (TPSA) is 55.4 Å². The van der Waals surface area contributed by atoms with Gasteiger partial charge < -0.3 is 10.1 Å². The number of esters is 1. The van der Waals surface area contributed by atoms with E-state index in [2.05, 4.69) is 11.8 Å². The molecule has 124 valence electrons. The van der Waals surface area contributed by atoms with E-state index >= 15 is 0 Å². The van der Waals surface area contributed by atoms with Gasteiger partial charge in [0.2, 0.25) is 0 Å². The molecule has 0 aromatic carbocycles. The van der Waals surface area contributed by atoms with Crippen LogP contribution in [-0.4, -0.2) is 29.7 Å². The van der Waals surface area contributed by atoms with Crippen LogP contribution in [0.1, 0.15) is 34.6 Å². The molecular weight excluding hydrogens is 299 g/mol. The molecule has 0 aliphatic heterocycles. The van der Waals surface area contributed by atoms with Gasteiger partial charge >= 0.3 is 18.1 Å². The van der Waals surface area contributed by atoms with Crippen LogP contribution < -0.4 is 5.32 Å². The number of nitrogens with one attached hydrogen (secondary N) is 1. The van der Waals surface area contributed by atoms with E-state index in [0.29, 0.717) is 0 Å². The van der Waals surface area contributed by atoms with E-state index in [0.717, 1.165) is 0 Å².